The molecule has 2 N–H and O–H groups in total. The molecule has 0 radical (unpaired) electrons. The summed E-state index contributed by atoms with van der Waals surface area (Å²) in [5.74, 6) is -0.0111. The van der Waals surface area contributed by atoms with Crippen LogP contribution in [0.25, 0.3) is 0 Å². The highest BCUT2D eigenvalue weighted by Gasteiger charge is 2.13. The van der Waals surface area contributed by atoms with Crippen molar-refractivity contribution in [3.05, 3.63) is 17.5 Å². The van der Waals surface area contributed by atoms with Crippen LogP contribution >= 0.6 is 0 Å². The summed E-state index contributed by atoms with van der Waals surface area (Å²) in [5, 5.41) is 15.0. The van der Waals surface area contributed by atoms with Gasteiger partial charge in [0.25, 0.3) is 5.91 Å². The van der Waals surface area contributed by atoms with Gasteiger partial charge in [0.05, 0.1) is 0 Å². The summed E-state index contributed by atoms with van der Waals surface area (Å²) in [6.45, 7) is 2.28. The Labute approximate surface area is 94.2 Å². The summed E-state index contributed by atoms with van der Waals surface area (Å²) in [5.41, 5.74) is 0.190. The first-order valence-electron chi connectivity index (χ1n) is 5.05. The van der Waals surface area contributed by atoms with Crippen LogP contribution in [0.15, 0.2) is 10.6 Å². The molecule has 1 aromatic heterocycles. The van der Waals surface area contributed by atoms with Crippen molar-refractivity contribution in [3.8, 4) is 0 Å². The molecule has 90 valence electrons. The number of likely N-dealkylation sites (N-methyl/N-ethyl adjacent to an activating group) is 1. The Morgan fingerprint density at radius 2 is 2.38 bits per heavy atom. The Hall–Kier alpha value is -1.40. The zero-order chi connectivity index (χ0) is 12.1. The average Bonchev–Trinajstić information content (AvgIpc) is 2.73. The van der Waals surface area contributed by atoms with Crippen molar-refractivity contribution in [2.75, 3.05) is 20.6 Å². The first kappa shape index (κ1) is 12.7. The van der Waals surface area contributed by atoms with Crippen molar-refractivity contribution >= 4 is 5.91 Å². The van der Waals surface area contributed by atoms with E-state index >= 15 is 0 Å². The van der Waals surface area contributed by atoms with E-state index in [0.29, 0.717) is 6.54 Å². The van der Waals surface area contributed by atoms with Crippen molar-refractivity contribution in [3.63, 3.8) is 0 Å². The molecule has 1 aromatic rings. The lowest BCUT2D eigenvalue weighted by Gasteiger charge is -2.19. The van der Waals surface area contributed by atoms with Crippen molar-refractivity contribution in [1.29, 1.82) is 0 Å². The Morgan fingerprint density at radius 3 is 2.88 bits per heavy atom. The molecule has 1 amide bonds. The number of nitrogens with zero attached hydrogens (tertiary/aromatic N) is 2. The summed E-state index contributed by atoms with van der Waals surface area (Å²) >= 11 is 0. The van der Waals surface area contributed by atoms with Gasteiger partial charge in [-0.1, -0.05) is 5.16 Å². The number of rotatable bonds is 5. The molecule has 6 nitrogen and oxygen atoms in total. The molecule has 1 atom stereocenters. The van der Waals surface area contributed by atoms with E-state index in [9.17, 15) is 4.79 Å². The van der Waals surface area contributed by atoms with E-state index in [0.717, 1.165) is 0 Å². The van der Waals surface area contributed by atoms with Gasteiger partial charge in [0, 0.05) is 18.7 Å². The first-order chi connectivity index (χ1) is 7.54. The van der Waals surface area contributed by atoms with Gasteiger partial charge in [-0.15, -0.1) is 0 Å². The lowest BCUT2D eigenvalue weighted by molar-refractivity contribution is 0.0934. The monoisotopic (exact) mass is 227 g/mol. The third-order valence-corrected chi connectivity index (χ3v) is 2.39. The van der Waals surface area contributed by atoms with E-state index in [1.54, 1.807) is 0 Å². The van der Waals surface area contributed by atoms with Crippen molar-refractivity contribution in [1.82, 2.24) is 15.4 Å². The number of hydrogen-bond donors (Lipinski definition) is 2. The normalized spacial score (nSPS) is 12.8. The average molecular weight is 227 g/mol. The SMILES string of the molecule is CC(CNC(=O)c1cc(CO)on1)N(C)C. The molecule has 0 fully saturated rings. The summed E-state index contributed by atoms with van der Waals surface area (Å²) in [7, 11) is 3.88. The molecule has 16 heavy (non-hydrogen) atoms. The fourth-order valence-electron chi connectivity index (χ4n) is 1.01. The molecule has 1 rings (SSSR count). The smallest absolute Gasteiger partial charge is 0.273 e. The highest BCUT2D eigenvalue weighted by molar-refractivity contribution is 5.92. The zero-order valence-electron chi connectivity index (χ0n) is 9.73. The summed E-state index contributed by atoms with van der Waals surface area (Å²) in [4.78, 5) is 13.6. The van der Waals surface area contributed by atoms with Crippen LogP contribution in [0, 0.1) is 0 Å². The lowest BCUT2D eigenvalue weighted by atomic mass is 10.3. The summed E-state index contributed by atoms with van der Waals surface area (Å²) in [6.07, 6.45) is 0. The van der Waals surface area contributed by atoms with E-state index in [1.165, 1.54) is 6.07 Å². The maximum absolute atomic E-state index is 11.6. The minimum atomic E-state index is -0.294. The third-order valence-electron chi connectivity index (χ3n) is 2.39. The number of aliphatic hydroxyl groups excluding tert-OH is 1. The van der Waals surface area contributed by atoms with Gasteiger partial charge in [-0.05, 0) is 21.0 Å². The maximum atomic E-state index is 11.6. The van der Waals surface area contributed by atoms with Crippen LogP contribution in [0.1, 0.15) is 23.2 Å². The molecule has 0 spiro atoms. The highest BCUT2D eigenvalue weighted by atomic mass is 16.5. The molecular weight excluding hydrogens is 210 g/mol. The van der Waals surface area contributed by atoms with E-state index in [2.05, 4.69) is 10.5 Å². The second-order valence-corrected chi connectivity index (χ2v) is 3.86. The van der Waals surface area contributed by atoms with Crippen LogP contribution in [0.3, 0.4) is 0 Å². The molecule has 0 aliphatic rings. The second kappa shape index (κ2) is 5.62. The standard InChI is InChI=1S/C10H17N3O3/c1-7(13(2)3)5-11-10(15)9-4-8(6-14)16-12-9/h4,7,14H,5-6H2,1-3H3,(H,11,15). The third kappa shape index (κ3) is 3.32. The molecule has 0 saturated heterocycles. The molecule has 0 saturated carbocycles. The van der Waals surface area contributed by atoms with E-state index in [1.807, 2.05) is 25.9 Å². The quantitative estimate of drug-likeness (QED) is 0.731. The fraction of sp³-hybridized carbons (Fsp3) is 0.600. The van der Waals surface area contributed by atoms with Gasteiger partial charge in [0.2, 0.25) is 0 Å². The van der Waals surface area contributed by atoms with Crippen LogP contribution in [-0.2, 0) is 6.61 Å². The number of carbonyl (C=O) groups is 1. The predicted octanol–water partition coefficient (Wildman–Crippen LogP) is -0.153. The van der Waals surface area contributed by atoms with Crippen molar-refractivity contribution < 1.29 is 14.4 Å². The van der Waals surface area contributed by atoms with Crippen LogP contribution in [-0.4, -0.2) is 47.8 Å². The minimum absolute atomic E-state index is 0.190. The molecule has 0 aliphatic heterocycles. The lowest BCUT2D eigenvalue weighted by Crippen LogP contribution is -2.38. The topological polar surface area (TPSA) is 78.6 Å². The largest absolute Gasteiger partial charge is 0.388 e. The zero-order valence-corrected chi connectivity index (χ0v) is 9.73. The van der Waals surface area contributed by atoms with Gasteiger partial charge >= 0.3 is 0 Å². The number of aromatic nitrogens is 1. The number of nitrogens with one attached hydrogen (secondary N) is 1. The Balaban J connectivity index is 2.46. The van der Waals surface area contributed by atoms with Gasteiger partial charge in [-0.2, -0.15) is 0 Å². The van der Waals surface area contributed by atoms with Crippen LogP contribution in [0.5, 0.6) is 0 Å². The summed E-state index contributed by atoms with van der Waals surface area (Å²) < 4.78 is 4.72. The molecular formula is C10H17N3O3. The van der Waals surface area contributed by atoms with Crippen molar-refractivity contribution in [2.24, 2.45) is 0 Å². The van der Waals surface area contributed by atoms with Crippen LogP contribution < -0.4 is 5.32 Å². The van der Waals surface area contributed by atoms with Gasteiger partial charge in [-0.3, -0.25) is 4.79 Å². The number of aliphatic hydroxyl groups is 1. The molecule has 6 heteroatoms. The van der Waals surface area contributed by atoms with E-state index in [-0.39, 0.29) is 30.0 Å². The maximum Gasteiger partial charge on any atom is 0.273 e. The predicted molar refractivity (Wildman–Crippen MR) is 57.9 cm³/mol. The van der Waals surface area contributed by atoms with Crippen LogP contribution in [0.2, 0.25) is 0 Å². The van der Waals surface area contributed by atoms with Gasteiger partial charge < -0.3 is 19.8 Å². The fourth-order valence-corrected chi connectivity index (χ4v) is 1.01. The highest BCUT2D eigenvalue weighted by Crippen LogP contribution is 2.03. The van der Waals surface area contributed by atoms with Gasteiger partial charge in [0.15, 0.2) is 11.5 Å². The Morgan fingerprint density at radius 1 is 1.69 bits per heavy atom. The molecule has 0 aliphatic carbocycles. The number of carbonyl (C=O) groups excluding carboxylic acids is 1. The van der Waals surface area contributed by atoms with E-state index < -0.39 is 0 Å². The molecule has 1 unspecified atom stereocenters. The molecule has 0 bridgehead atoms. The molecule has 0 aromatic carbocycles. The number of amides is 1. The Kier molecular flexibility index (Phi) is 4.45. The van der Waals surface area contributed by atoms with E-state index in [4.69, 9.17) is 9.63 Å². The van der Waals surface area contributed by atoms with Crippen LogP contribution in [0.4, 0.5) is 0 Å². The first-order valence-corrected chi connectivity index (χ1v) is 5.05. The summed E-state index contributed by atoms with van der Waals surface area (Å²) in [6, 6.07) is 1.67. The van der Waals surface area contributed by atoms with Crippen molar-refractivity contribution in [2.45, 2.75) is 19.6 Å². The Bertz CT molecular complexity index is 349. The van der Waals surface area contributed by atoms with Gasteiger partial charge in [-0.25, -0.2) is 0 Å². The second-order valence-electron chi connectivity index (χ2n) is 3.86. The van der Waals surface area contributed by atoms with Gasteiger partial charge in [0.1, 0.15) is 6.61 Å². The molecule has 1 heterocycles. The minimum Gasteiger partial charge on any atom is -0.388 e. The number of hydrogen-bond acceptors (Lipinski definition) is 5.